The van der Waals surface area contributed by atoms with E-state index in [1.165, 1.54) is 7.11 Å². The minimum absolute atomic E-state index is 0. The third-order valence-electron chi connectivity index (χ3n) is 2.01. The third kappa shape index (κ3) is 2.48. The van der Waals surface area contributed by atoms with Crippen LogP contribution in [0, 0.1) is 0 Å². The van der Waals surface area contributed by atoms with Gasteiger partial charge in [-0.2, -0.15) is 18.7 Å². The van der Waals surface area contributed by atoms with Crippen LogP contribution in [0.3, 0.4) is 0 Å². The lowest BCUT2D eigenvalue weighted by Crippen LogP contribution is -2.08. The zero-order chi connectivity index (χ0) is 10.8. The van der Waals surface area contributed by atoms with E-state index in [0.29, 0.717) is 24.3 Å². The number of methoxy groups -OCH3 is 1. The Morgan fingerprint density at radius 1 is 1.31 bits per heavy atom. The highest BCUT2D eigenvalue weighted by Crippen LogP contribution is 2.26. The number of hydrogen-bond donors (Lipinski definition) is 1. The van der Waals surface area contributed by atoms with E-state index in [0.717, 1.165) is 0 Å². The van der Waals surface area contributed by atoms with E-state index in [9.17, 15) is 8.78 Å². The van der Waals surface area contributed by atoms with E-state index in [4.69, 9.17) is 4.74 Å². The van der Waals surface area contributed by atoms with Crippen LogP contribution in [-0.2, 0) is 13.1 Å². The van der Waals surface area contributed by atoms with Gasteiger partial charge in [0, 0.05) is 13.1 Å². The normalized spacial score (nSPS) is 13.2. The molecule has 0 bridgehead atoms. The van der Waals surface area contributed by atoms with Crippen LogP contribution in [0.2, 0.25) is 0 Å². The Balaban J connectivity index is 0.00000128. The van der Waals surface area contributed by atoms with E-state index < -0.39 is 6.61 Å². The molecule has 0 saturated heterocycles. The van der Waals surface area contributed by atoms with E-state index in [2.05, 4.69) is 20.0 Å². The second kappa shape index (κ2) is 5.22. The Labute approximate surface area is 96.6 Å². The first-order chi connectivity index (χ1) is 7.20. The Hall–Kier alpha value is -1.21. The van der Waals surface area contributed by atoms with Gasteiger partial charge < -0.3 is 14.8 Å². The largest absolute Gasteiger partial charge is 0.467 e. The summed E-state index contributed by atoms with van der Waals surface area (Å²) in [6.45, 7) is -1.95. The van der Waals surface area contributed by atoms with E-state index in [1.54, 1.807) is 0 Å². The molecule has 1 aliphatic heterocycles. The van der Waals surface area contributed by atoms with Gasteiger partial charge in [0.1, 0.15) is 0 Å². The summed E-state index contributed by atoms with van der Waals surface area (Å²) in [7, 11) is 1.37. The highest BCUT2D eigenvalue weighted by atomic mass is 35.5. The summed E-state index contributed by atoms with van der Waals surface area (Å²) in [6.07, 6.45) is 0. The average molecular weight is 254 g/mol. The molecule has 0 fully saturated rings. The number of fused-ring (bicyclic) bond motifs is 1. The summed E-state index contributed by atoms with van der Waals surface area (Å²) in [5.41, 5.74) is 1.20. The van der Waals surface area contributed by atoms with Crippen LogP contribution in [-0.4, -0.2) is 23.7 Å². The minimum Gasteiger partial charge on any atom is -0.467 e. The molecule has 2 heterocycles. The Kier molecular flexibility index (Phi) is 4.19. The molecule has 0 aromatic carbocycles. The smallest absolute Gasteiger partial charge is 0.388 e. The Morgan fingerprint density at radius 2 is 2.06 bits per heavy atom. The highest BCUT2D eigenvalue weighted by Gasteiger charge is 2.22. The van der Waals surface area contributed by atoms with Gasteiger partial charge in [-0.15, -0.1) is 12.4 Å². The van der Waals surface area contributed by atoms with Crippen molar-refractivity contribution in [3.05, 3.63) is 11.3 Å². The highest BCUT2D eigenvalue weighted by molar-refractivity contribution is 5.85. The Morgan fingerprint density at radius 3 is 2.69 bits per heavy atom. The molecule has 1 aromatic rings. The molecule has 1 aliphatic rings. The fourth-order valence-corrected chi connectivity index (χ4v) is 1.39. The van der Waals surface area contributed by atoms with Gasteiger partial charge in [0.05, 0.1) is 18.4 Å². The number of alkyl halides is 2. The predicted molar refractivity (Wildman–Crippen MR) is 53.0 cm³/mol. The van der Waals surface area contributed by atoms with Gasteiger partial charge in [0.15, 0.2) is 0 Å². The van der Waals surface area contributed by atoms with Gasteiger partial charge in [0.2, 0.25) is 5.88 Å². The van der Waals surface area contributed by atoms with Crippen LogP contribution in [0.4, 0.5) is 8.78 Å². The zero-order valence-corrected chi connectivity index (χ0v) is 9.18. The average Bonchev–Trinajstić information content (AvgIpc) is 2.64. The van der Waals surface area contributed by atoms with Crippen molar-refractivity contribution in [2.45, 2.75) is 19.7 Å². The number of aromatic nitrogens is 2. The fraction of sp³-hybridized carbons (Fsp3) is 0.500. The summed E-state index contributed by atoms with van der Waals surface area (Å²) >= 11 is 0. The maximum Gasteiger partial charge on any atom is 0.388 e. The van der Waals surface area contributed by atoms with Crippen LogP contribution >= 0.6 is 12.4 Å². The van der Waals surface area contributed by atoms with Gasteiger partial charge in [-0.3, -0.25) is 0 Å². The number of nitrogens with one attached hydrogen (secondary N) is 1. The van der Waals surface area contributed by atoms with Gasteiger partial charge in [0.25, 0.3) is 0 Å². The molecule has 0 radical (unpaired) electrons. The molecule has 8 heteroatoms. The van der Waals surface area contributed by atoms with Gasteiger partial charge >= 0.3 is 12.6 Å². The molecule has 0 aliphatic carbocycles. The lowest BCUT2D eigenvalue weighted by molar-refractivity contribution is -0.0538. The Bertz CT molecular complexity index is 379. The van der Waals surface area contributed by atoms with Gasteiger partial charge in [-0.05, 0) is 0 Å². The van der Waals surface area contributed by atoms with Crippen LogP contribution < -0.4 is 14.8 Å². The van der Waals surface area contributed by atoms with Crippen molar-refractivity contribution < 1.29 is 18.3 Å². The second-order valence-electron chi connectivity index (χ2n) is 2.92. The molecule has 0 amide bonds. The summed E-state index contributed by atoms with van der Waals surface area (Å²) in [6, 6.07) is 0.0353. The summed E-state index contributed by atoms with van der Waals surface area (Å²) < 4.78 is 33.2. The molecule has 1 aromatic heterocycles. The number of ether oxygens (including phenoxy) is 2. The summed E-state index contributed by atoms with van der Waals surface area (Å²) in [5, 5.41) is 2.97. The number of nitrogens with zero attached hydrogens (tertiary/aromatic N) is 2. The third-order valence-corrected chi connectivity index (χ3v) is 2.01. The predicted octanol–water partition coefficient (Wildman–Crippen LogP) is 1.11. The maximum atomic E-state index is 12.1. The van der Waals surface area contributed by atoms with E-state index >= 15 is 0 Å². The van der Waals surface area contributed by atoms with Crippen LogP contribution in [0.5, 0.6) is 11.9 Å². The molecule has 0 spiro atoms. The summed E-state index contributed by atoms with van der Waals surface area (Å²) in [4.78, 5) is 7.75. The van der Waals surface area contributed by atoms with Crippen molar-refractivity contribution in [1.82, 2.24) is 15.3 Å². The van der Waals surface area contributed by atoms with Crippen LogP contribution in [0.15, 0.2) is 0 Å². The molecule has 0 atom stereocenters. The van der Waals surface area contributed by atoms with Crippen molar-refractivity contribution in [3.8, 4) is 11.9 Å². The second-order valence-corrected chi connectivity index (χ2v) is 2.92. The minimum atomic E-state index is -2.89. The first-order valence-electron chi connectivity index (χ1n) is 4.30. The molecule has 0 unspecified atom stereocenters. The van der Waals surface area contributed by atoms with Gasteiger partial charge in [-0.25, -0.2) is 0 Å². The first-order valence-corrected chi connectivity index (χ1v) is 4.30. The monoisotopic (exact) mass is 253 g/mol. The number of hydrogen-bond acceptors (Lipinski definition) is 5. The first kappa shape index (κ1) is 12.9. The molecule has 5 nitrogen and oxygen atoms in total. The molecule has 0 saturated carbocycles. The standard InChI is InChI=1S/C8H9F2N3O2.ClH/c1-14-8-12-5-3-11-2-4(5)6(13-8)15-7(9)10;/h7,11H,2-3H2,1H3;1H. The topological polar surface area (TPSA) is 56.3 Å². The van der Waals surface area contributed by atoms with Crippen LogP contribution in [0.1, 0.15) is 11.3 Å². The fourth-order valence-electron chi connectivity index (χ4n) is 1.39. The lowest BCUT2D eigenvalue weighted by Gasteiger charge is -2.08. The molecule has 2 rings (SSSR count). The van der Waals surface area contributed by atoms with Crippen molar-refractivity contribution in [1.29, 1.82) is 0 Å². The van der Waals surface area contributed by atoms with Crippen molar-refractivity contribution in [2.24, 2.45) is 0 Å². The molecule has 16 heavy (non-hydrogen) atoms. The van der Waals surface area contributed by atoms with E-state index in [1.807, 2.05) is 0 Å². The van der Waals surface area contributed by atoms with Crippen molar-refractivity contribution >= 4 is 12.4 Å². The van der Waals surface area contributed by atoms with Crippen molar-refractivity contribution in [2.75, 3.05) is 7.11 Å². The zero-order valence-electron chi connectivity index (χ0n) is 8.37. The quantitative estimate of drug-likeness (QED) is 0.875. The molecular weight excluding hydrogens is 244 g/mol. The molecule has 90 valence electrons. The van der Waals surface area contributed by atoms with Crippen molar-refractivity contribution in [3.63, 3.8) is 0 Å². The maximum absolute atomic E-state index is 12.1. The molecule has 1 N–H and O–H groups in total. The van der Waals surface area contributed by atoms with E-state index in [-0.39, 0.29) is 24.3 Å². The van der Waals surface area contributed by atoms with Crippen LogP contribution in [0.25, 0.3) is 0 Å². The lowest BCUT2D eigenvalue weighted by atomic mass is 10.3. The SMILES string of the molecule is COc1nc2c(c(OC(F)F)n1)CNC2.Cl. The number of rotatable bonds is 3. The molecular formula is C8H10ClF2N3O2. The van der Waals surface area contributed by atoms with Gasteiger partial charge in [-0.1, -0.05) is 0 Å². The number of halogens is 3. The summed E-state index contributed by atoms with van der Waals surface area (Å²) in [5.74, 6) is -0.114.